The van der Waals surface area contributed by atoms with Crippen molar-refractivity contribution in [3.05, 3.63) is 65.0 Å². The molecular formula is C21H23FN2O3. The molecule has 2 aromatic rings. The molecule has 6 heteroatoms. The lowest BCUT2D eigenvalue weighted by Crippen LogP contribution is -2.47. The number of aryl methyl sites for hydroxylation is 1. The van der Waals surface area contributed by atoms with Crippen LogP contribution in [0.5, 0.6) is 5.75 Å². The number of hydrazine groups is 1. The summed E-state index contributed by atoms with van der Waals surface area (Å²) in [4.78, 5) is 24.4. The lowest BCUT2D eigenvalue weighted by Gasteiger charge is -2.17. The first-order valence-corrected chi connectivity index (χ1v) is 8.95. The van der Waals surface area contributed by atoms with Gasteiger partial charge in [0.15, 0.2) is 6.10 Å². The Hall–Kier alpha value is -2.89. The van der Waals surface area contributed by atoms with Crippen molar-refractivity contribution in [3.63, 3.8) is 0 Å². The van der Waals surface area contributed by atoms with Gasteiger partial charge >= 0.3 is 0 Å². The summed E-state index contributed by atoms with van der Waals surface area (Å²) in [5.41, 5.74) is 7.38. The first kappa shape index (κ1) is 18.9. The normalized spacial score (nSPS) is 19.1. The van der Waals surface area contributed by atoms with E-state index in [1.165, 1.54) is 6.07 Å². The zero-order valence-electron chi connectivity index (χ0n) is 15.6. The smallest absolute Gasteiger partial charge is 0.279 e. The topological polar surface area (TPSA) is 67.4 Å². The predicted octanol–water partition coefficient (Wildman–Crippen LogP) is 3.16. The lowest BCUT2D eigenvalue weighted by molar-refractivity contribution is -0.133. The molecule has 0 aliphatic heterocycles. The number of ether oxygens (including phenoxy) is 1. The van der Waals surface area contributed by atoms with Crippen molar-refractivity contribution < 1.29 is 18.7 Å². The maximum atomic E-state index is 13.8. The molecule has 142 valence electrons. The standard InChI is InChI=1S/C21H23FN2O3/c1-12-7-6-10-19(13(12)2)27-14(3)20(25)23-24-21(26)17-11-16(17)15-8-4-5-9-18(15)22/h4-10,14,16-17H,11H2,1-3H3,(H,23,25)(H,24,26). The summed E-state index contributed by atoms with van der Waals surface area (Å²) in [6.07, 6.45) is -0.204. The fourth-order valence-corrected chi connectivity index (χ4v) is 3.02. The number of rotatable bonds is 5. The van der Waals surface area contributed by atoms with Crippen LogP contribution >= 0.6 is 0 Å². The molecular weight excluding hydrogens is 347 g/mol. The van der Waals surface area contributed by atoms with Crippen molar-refractivity contribution in [1.82, 2.24) is 10.9 Å². The van der Waals surface area contributed by atoms with Crippen molar-refractivity contribution in [3.8, 4) is 5.75 Å². The molecule has 1 aliphatic carbocycles. The molecule has 1 saturated carbocycles. The van der Waals surface area contributed by atoms with Crippen LogP contribution in [0.2, 0.25) is 0 Å². The maximum Gasteiger partial charge on any atom is 0.279 e. The number of halogens is 1. The minimum absolute atomic E-state index is 0.147. The second kappa shape index (κ2) is 7.78. The maximum absolute atomic E-state index is 13.8. The van der Waals surface area contributed by atoms with Crippen molar-refractivity contribution in [1.29, 1.82) is 0 Å². The summed E-state index contributed by atoms with van der Waals surface area (Å²) in [5, 5.41) is 0. The van der Waals surface area contributed by atoms with Crippen LogP contribution in [-0.4, -0.2) is 17.9 Å². The zero-order chi connectivity index (χ0) is 19.6. The highest BCUT2D eigenvalue weighted by Gasteiger charge is 2.45. The highest BCUT2D eigenvalue weighted by molar-refractivity contribution is 5.87. The highest BCUT2D eigenvalue weighted by atomic mass is 19.1. The van der Waals surface area contributed by atoms with Gasteiger partial charge in [0.05, 0.1) is 0 Å². The van der Waals surface area contributed by atoms with Crippen LogP contribution in [0.1, 0.15) is 36.0 Å². The number of hydrogen-bond donors (Lipinski definition) is 2. The fraction of sp³-hybridized carbons (Fsp3) is 0.333. The van der Waals surface area contributed by atoms with Crippen LogP contribution in [0.15, 0.2) is 42.5 Å². The second-order valence-corrected chi connectivity index (χ2v) is 6.91. The Balaban J connectivity index is 1.50. The summed E-state index contributed by atoms with van der Waals surface area (Å²) in [5.74, 6) is -0.935. The summed E-state index contributed by atoms with van der Waals surface area (Å²) >= 11 is 0. The molecule has 3 rings (SSSR count). The quantitative estimate of drug-likeness (QED) is 0.795. The number of nitrogens with one attached hydrogen (secondary N) is 2. The van der Waals surface area contributed by atoms with E-state index in [-0.39, 0.29) is 23.6 Å². The van der Waals surface area contributed by atoms with Crippen molar-refractivity contribution in [2.45, 2.75) is 39.2 Å². The third-order valence-electron chi connectivity index (χ3n) is 4.97. The van der Waals surface area contributed by atoms with Gasteiger partial charge in [0.25, 0.3) is 5.91 Å². The largest absolute Gasteiger partial charge is 0.481 e. The minimum Gasteiger partial charge on any atom is -0.481 e. The van der Waals surface area contributed by atoms with Gasteiger partial charge in [0, 0.05) is 5.92 Å². The van der Waals surface area contributed by atoms with Crippen LogP contribution < -0.4 is 15.6 Å². The molecule has 2 amide bonds. The molecule has 0 saturated heterocycles. The third-order valence-corrected chi connectivity index (χ3v) is 4.97. The molecule has 0 aromatic heterocycles. The predicted molar refractivity (Wildman–Crippen MR) is 99.5 cm³/mol. The SMILES string of the molecule is Cc1cccc(OC(C)C(=O)NNC(=O)C2CC2c2ccccc2F)c1C. The van der Waals surface area contributed by atoms with E-state index in [0.717, 1.165) is 11.1 Å². The first-order chi connectivity index (χ1) is 12.9. The van der Waals surface area contributed by atoms with Crippen molar-refractivity contribution in [2.75, 3.05) is 0 Å². The van der Waals surface area contributed by atoms with Crippen LogP contribution in [0, 0.1) is 25.6 Å². The number of carbonyl (C=O) groups is 2. The first-order valence-electron chi connectivity index (χ1n) is 8.95. The van der Waals surface area contributed by atoms with Crippen molar-refractivity contribution in [2.24, 2.45) is 5.92 Å². The van der Waals surface area contributed by atoms with Crippen LogP contribution in [0.3, 0.4) is 0 Å². The van der Waals surface area contributed by atoms with E-state index in [1.54, 1.807) is 31.2 Å². The van der Waals surface area contributed by atoms with E-state index < -0.39 is 12.0 Å². The van der Waals surface area contributed by atoms with Gasteiger partial charge in [-0.2, -0.15) is 0 Å². The summed E-state index contributed by atoms with van der Waals surface area (Å²) in [6.45, 7) is 5.50. The second-order valence-electron chi connectivity index (χ2n) is 6.91. The Morgan fingerprint density at radius 2 is 1.85 bits per heavy atom. The van der Waals surface area contributed by atoms with Gasteiger partial charge in [0.2, 0.25) is 5.91 Å². The van der Waals surface area contributed by atoms with E-state index in [0.29, 0.717) is 17.7 Å². The molecule has 2 aromatic carbocycles. The van der Waals surface area contributed by atoms with Crippen molar-refractivity contribution >= 4 is 11.8 Å². The molecule has 3 unspecified atom stereocenters. The van der Waals surface area contributed by atoms with Gasteiger partial charge in [-0.25, -0.2) is 4.39 Å². The highest BCUT2D eigenvalue weighted by Crippen LogP contribution is 2.48. The van der Waals surface area contributed by atoms with E-state index in [1.807, 2.05) is 26.0 Å². The van der Waals surface area contributed by atoms with Gasteiger partial charge in [-0.05, 0) is 61.9 Å². The fourth-order valence-electron chi connectivity index (χ4n) is 3.02. The molecule has 0 heterocycles. The molecule has 2 N–H and O–H groups in total. The Morgan fingerprint density at radius 1 is 1.11 bits per heavy atom. The third kappa shape index (κ3) is 4.27. The molecule has 1 fully saturated rings. The number of benzene rings is 2. The van der Waals surface area contributed by atoms with E-state index in [9.17, 15) is 14.0 Å². The molecule has 1 aliphatic rings. The number of amides is 2. The van der Waals surface area contributed by atoms with Gasteiger partial charge in [-0.15, -0.1) is 0 Å². The van der Waals surface area contributed by atoms with E-state index in [4.69, 9.17) is 4.74 Å². The Morgan fingerprint density at radius 3 is 2.59 bits per heavy atom. The minimum atomic E-state index is -0.771. The Labute approximate surface area is 157 Å². The van der Waals surface area contributed by atoms with Gasteiger partial charge in [0.1, 0.15) is 11.6 Å². The molecule has 27 heavy (non-hydrogen) atoms. The van der Waals surface area contributed by atoms with Crippen LogP contribution in [0.25, 0.3) is 0 Å². The Bertz CT molecular complexity index is 868. The Kier molecular flexibility index (Phi) is 5.44. The van der Waals surface area contributed by atoms with Gasteiger partial charge in [-0.1, -0.05) is 30.3 Å². The summed E-state index contributed by atoms with van der Waals surface area (Å²) in [7, 11) is 0. The number of hydrogen-bond acceptors (Lipinski definition) is 3. The lowest BCUT2D eigenvalue weighted by atomic mass is 10.1. The van der Waals surface area contributed by atoms with Crippen LogP contribution in [0.4, 0.5) is 4.39 Å². The van der Waals surface area contributed by atoms with E-state index in [2.05, 4.69) is 10.9 Å². The molecule has 5 nitrogen and oxygen atoms in total. The number of carbonyl (C=O) groups excluding carboxylic acids is 2. The average molecular weight is 370 g/mol. The summed E-state index contributed by atoms with van der Waals surface area (Å²) < 4.78 is 19.5. The zero-order valence-corrected chi connectivity index (χ0v) is 15.6. The molecule has 0 spiro atoms. The van der Waals surface area contributed by atoms with Gasteiger partial charge in [-0.3, -0.25) is 20.4 Å². The monoisotopic (exact) mass is 370 g/mol. The average Bonchev–Trinajstić information content (AvgIpc) is 3.44. The molecule has 0 bridgehead atoms. The van der Waals surface area contributed by atoms with E-state index >= 15 is 0 Å². The molecule has 3 atom stereocenters. The molecule has 0 radical (unpaired) electrons. The van der Waals surface area contributed by atoms with Gasteiger partial charge < -0.3 is 4.74 Å². The summed E-state index contributed by atoms with van der Waals surface area (Å²) in [6, 6.07) is 12.1. The van der Waals surface area contributed by atoms with Crippen LogP contribution in [-0.2, 0) is 9.59 Å².